The molecular weight excluding hydrogens is 298 g/mol. The molecule has 0 fully saturated rings. The molecule has 1 aliphatic heterocycles. The van der Waals surface area contributed by atoms with Gasteiger partial charge in [0, 0.05) is 11.8 Å². The van der Waals surface area contributed by atoms with Crippen LogP contribution in [-0.2, 0) is 6.54 Å². The van der Waals surface area contributed by atoms with Gasteiger partial charge in [-0.3, -0.25) is 0 Å². The van der Waals surface area contributed by atoms with Crippen molar-refractivity contribution < 1.29 is 13.9 Å². The van der Waals surface area contributed by atoms with E-state index in [9.17, 15) is 0 Å². The van der Waals surface area contributed by atoms with Gasteiger partial charge in [-0.1, -0.05) is 0 Å². The third kappa shape index (κ3) is 2.31. The summed E-state index contributed by atoms with van der Waals surface area (Å²) in [6.45, 7) is 1.83. The lowest BCUT2D eigenvalue weighted by Gasteiger charge is -2.19. The number of rotatable bonds is 3. The molecule has 2 aromatic rings. The third-order valence-corrected chi connectivity index (χ3v) is 3.39. The van der Waals surface area contributed by atoms with Gasteiger partial charge in [0.15, 0.2) is 11.5 Å². The molecule has 1 aromatic heterocycles. The molecule has 18 heavy (non-hydrogen) atoms. The minimum Gasteiger partial charge on any atom is -0.486 e. The minimum absolute atomic E-state index is 0.597. The van der Waals surface area contributed by atoms with Crippen molar-refractivity contribution in [2.75, 3.05) is 18.5 Å². The van der Waals surface area contributed by atoms with E-state index in [1.54, 1.807) is 6.26 Å². The normalized spacial score (nSPS) is 13.4. The highest BCUT2D eigenvalue weighted by Gasteiger charge is 2.11. The van der Waals surface area contributed by atoms with E-state index >= 15 is 0 Å². The zero-order valence-corrected chi connectivity index (χ0v) is 11.2. The number of hydrogen-bond donors (Lipinski definition) is 1. The Morgan fingerprint density at radius 3 is 2.72 bits per heavy atom. The fourth-order valence-electron chi connectivity index (χ4n) is 1.79. The van der Waals surface area contributed by atoms with Crippen LogP contribution in [0.1, 0.15) is 5.76 Å². The van der Waals surface area contributed by atoms with Crippen molar-refractivity contribution in [3.05, 3.63) is 40.8 Å². The van der Waals surface area contributed by atoms with Gasteiger partial charge >= 0.3 is 0 Å². The van der Waals surface area contributed by atoms with Crippen LogP contribution in [0.5, 0.6) is 11.5 Å². The Labute approximate surface area is 113 Å². The molecule has 0 saturated carbocycles. The standard InChI is InChI=1S/C13H12BrNO3/c14-10-3-4-16-13(10)8-15-9-1-2-11-12(7-9)18-6-5-17-11/h1-4,7,15H,5-6,8H2. The van der Waals surface area contributed by atoms with E-state index in [0.29, 0.717) is 19.8 Å². The number of anilines is 1. The van der Waals surface area contributed by atoms with Gasteiger partial charge < -0.3 is 19.2 Å². The lowest BCUT2D eigenvalue weighted by Crippen LogP contribution is -2.15. The summed E-state index contributed by atoms with van der Waals surface area (Å²) in [6.07, 6.45) is 1.66. The summed E-state index contributed by atoms with van der Waals surface area (Å²) in [4.78, 5) is 0. The Hall–Kier alpha value is -1.62. The van der Waals surface area contributed by atoms with E-state index in [1.807, 2.05) is 24.3 Å². The molecule has 0 spiro atoms. The Balaban J connectivity index is 1.71. The number of halogens is 1. The molecule has 5 heteroatoms. The van der Waals surface area contributed by atoms with Crippen molar-refractivity contribution in [2.24, 2.45) is 0 Å². The largest absolute Gasteiger partial charge is 0.486 e. The maximum absolute atomic E-state index is 5.53. The molecule has 1 aromatic carbocycles. The lowest BCUT2D eigenvalue weighted by molar-refractivity contribution is 0.171. The predicted molar refractivity (Wildman–Crippen MR) is 71.2 cm³/mol. The first-order chi connectivity index (χ1) is 8.83. The van der Waals surface area contributed by atoms with Crippen LogP contribution >= 0.6 is 15.9 Å². The van der Waals surface area contributed by atoms with Gasteiger partial charge in [0.2, 0.25) is 0 Å². The van der Waals surface area contributed by atoms with Crippen LogP contribution in [0.4, 0.5) is 5.69 Å². The summed E-state index contributed by atoms with van der Waals surface area (Å²) in [5.41, 5.74) is 0.975. The quantitative estimate of drug-likeness (QED) is 0.943. The molecule has 0 bridgehead atoms. The van der Waals surface area contributed by atoms with Gasteiger partial charge in [0.05, 0.1) is 17.3 Å². The van der Waals surface area contributed by atoms with E-state index in [4.69, 9.17) is 13.9 Å². The highest BCUT2D eigenvalue weighted by atomic mass is 79.9. The average Bonchev–Trinajstić information content (AvgIpc) is 2.82. The van der Waals surface area contributed by atoms with E-state index < -0.39 is 0 Å². The number of hydrogen-bond acceptors (Lipinski definition) is 4. The lowest BCUT2D eigenvalue weighted by atomic mass is 10.2. The fourth-order valence-corrected chi connectivity index (χ4v) is 2.13. The molecule has 4 nitrogen and oxygen atoms in total. The van der Waals surface area contributed by atoms with Crippen molar-refractivity contribution >= 4 is 21.6 Å². The molecule has 1 aliphatic rings. The van der Waals surface area contributed by atoms with E-state index in [-0.39, 0.29) is 0 Å². The summed E-state index contributed by atoms with van der Waals surface area (Å²) in [5, 5.41) is 3.28. The van der Waals surface area contributed by atoms with E-state index in [0.717, 1.165) is 27.4 Å². The van der Waals surface area contributed by atoms with E-state index in [2.05, 4.69) is 21.2 Å². The molecule has 0 aliphatic carbocycles. The maximum Gasteiger partial charge on any atom is 0.163 e. The molecule has 0 saturated heterocycles. The summed E-state index contributed by atoms with van der Waals surface area (Å²) in [7, 11) is 0. The van der Waals surface area contributed by atoms with Crippen LogP contribution in [0, 0.1) is 0 Å². The number of furan rings is 1. The van der Waals surface area contributed by atoms with Gasteiger partial charge in [-0.25, -0.2) is 0 Å². The van der Waals surface area contributed by atoms with Crippen molar-refractivity contribution in [3.8, 4) is 11.5 Å². The summed E-state index contributed by atoms with van der Waals surface area (Å²) >= 11 is 3.42. The first-order valence-electron chi connectivity index (χ1n) is 5.68. The highest BCUT2D eigenvalue weighted by Crippen LogP contribution is 2.32. The van der Waals surface area contributed by atoms with Crippen LogP contribution in [0.3, 0.4) is 0 Å². The molecule has 1 N–H and O–H groups in total. The maximum atomic E-state index is 5.53. The molecular formula is C13H12BrNO3. The van der Waals surface area contributed by atoms with Crippen molar-refractivity contribution in [1.82, 2.24) is 0 Å². The Bertz CT molecular complexity index is 553. The summed E-state index contributed by atoms with van der Waals surface area (Å²) in [5.74, 6) is 2.45. The Morgan fingerprint density at radius 1 is 1.11 bits per heavy atom. The van der Waals surface area contributed by atoms with Gasteiger partial charge in [-0.2, -0.15) is 0 Å². The second-order valence-corrected chi connectivity index (χ2v) is 4.76. The van der Waals surface area contributed by atoms with Gasteiger partial charge in [-0.05, 0) is 34.1 Å². The summed E-state index contributed by atoms with van der Waals surface area (Å²) in [6, 6.07) is 7.69. The molecule has 0 unspecified atom stereocenters. The molecule has 0 atom stereocenters. The predicted octanol–water partition coefficient (Wildman–Crippen LogP) is 3.43. The Morgan fingerprint density at radius 2 is 1.94 bits per heavy atom. The average molecular weight is 310 g/mol. The molecule has 3 rings (SSSR count). The van der Waals surface area contributed by atoms with E-state index in [1.165, 1.54) is 0 Å². The zero-order chi connectivity index (χ0) is 12.4. The SMILES string of the molecule is Brc1ccoc1CNc1ccc2c(c1)OCCO2. The smallest absolute Gasteiger partial charge is 0.163 e. The van der Waals surface area contributed by atoms with Crippen molar-refractivity contribution in [1.29, 1.82) is 0 Å². The molecule has 0 radical (unpaired) electrons. The van der Waals surface area contributed by atoms with Crippen LogP contribution in [0.15, 0.2) is 39.4 Å². The number of fused-ring (bicyclic) bond motifs is 1. The molecule has 94 valence electrons. The topological polar surface area (TPSA) is 43.6 Å². The zero-order valence-electron chi connectivity index (χ0n) is 9.61. The van der Waals surface area contributed by atoms with Crippen LogP contribution in [0.2, 0.25) is 0 Å². The Kier molecular flexibility index (Phi) is 3.15. The monoisotopic (exact) mass is 309 g/mol. The van der Waals surface area contributed by atoms with Crippen LogP contribution in [0.25, 0.3) is 0 Å². The number of ether oxygens (including phenoxy) is 2. The first kappa shape index (κ1) is 11.5. The number of nitrogens with one attached hydrogen (secondary N) is 1. The second kappa shape index (κ2) is 4.94. The van der Waals surface area contributed by atoms with Crippen molar-refractivity contribution in [3.63, 3.8) is 0 Å². The third-order valence-electron chi connectivity index (χ3n) is 2.69. The molecule has 0 amide bonds. The molecule has 2 heterocycles. The minimum atomic E-state index is 0.597. The van der Waals surface area contributed by atoms with Crippen molar-refractivity contribution in [2.45, 2.75) is 6.54 Å². The first-order valence-corrected chi connectivity index (χ1v) is 6.47. The van der Waals surface area contributed by atoms with Crippen LogP contribution < -0.4 is 14.8 Å². The second-order valence-electron chi connectivity index (χ2n) is 3.90. The van der Waals surface area contributed by atoms with Crippen LogP contribution in [-0.4, -0.2) is 13.2 Å². The number of benzene rings is 1. The highest BCUT2D eigenvalue weighted by molar-refractivity contribution is 9.10. The van der Waals surface area contributed by atoms with Gasteiger partial charge in [-0.15, -0.1) is 0 Å². The fraction of sp³-hybridized carbons (Fsp3) is 0.231. The summed E-state index contributed by atoms with van der Waals surface area (Å²) < 4.78 is 17.3. The van der Waals surface area contributed by atoms with Gasteiger partial charge in [0.25, 0.3) is 0 Å². The van der Waals surface area contributed by atoms with Gasteiger partial charge in [0.1, 0.15) is 19.0 Å².